The van der Waals surface area contributed by atoms with Crippen molar-refractivity contribution in [2.45, 2.75) is 24.3 Å². The average molecular weight is 321 g/mol. The molecular weight excluding hydrogens is 304 g/mol. The molecule has 21 heavy (non-hydrogen) atoms. The maximum Gasteiger partial charge on any atom is 0.178 e. The van der Waals surface area contributed by atoms with Crippen LogP contribution >= 0.6 is 11.6 Å². The molecule has 0 spiro atoms. The lowest BCUT2D eigenvalue weighted by Gasteiger charge is -2.14. The summed E-state index contributed by atoms with van der Waals surface area (Å²) in [6, 6.07) is 16.3. The first-order valence-electron chi connectivity index (χ1n) is 6.82. The van der Waals surface area contributed by atoms with Crippen molar-refractivity contribution in [2.75, 3.05) is 0 Å². The first-order chi connectivity index (χ1) is 10.1. The molecule has 4 heteroatoms. The Bertz CT molecular complexity index is 623. The zero-order valence-corrected chi connectivity index (χ0v) is 13.4. The molecule has 0 aliphatic rings. The number of hydrogen-bond acceptors (Lipinski definition) is 2. The van der Waals surface area contributed by atoms with E-state index in [-0.39, 0.29) is 5.78 Å². The van der Waals surface area contributed by atoms with E-state index in [1.807, 2.05) is 37.3 Å². The zero-order chi connectivity index (χ0) is 15.2. The Kier molecular flexibility index (Phi) is 5.71. The summed E-state index contributed by atoms with van der Waals surface area (Å²) in [6.07, 6.45) is 0.563. The minimum Gasteiger partial charge on any atom is -0.293 e. The molecule has 2 aromatic rings. The van der Waals surface area contributed by atoms with Crippen molar-refractivity contribution in [2.24, 2.45) is 0 Å². The van der Waals surface area contributed by atoms with Gasteiger partial charge in [0.25, 0.3) is 0 Å². The summed E-state index contributed by atoms with van der Waals surface area (Å²) < 4.78 is 12.5. The summed E-state index contributed by atoms with van der Waals surface area (Å²) in [5.41, 5.74) is 1.55. The van der Waals surface area contributed by atoms with Crippen molar-refractivity contribution < 1.29 is 9.00 Å². The van der Waals surface area contributed by atoms with Gasteiger partial charge in [-0.2, -0.15) is 0 Å². The molecule has 2 atom stereocenters. The summed E-state index contributed by atoms with van der Waals surface area (Å²) in [5, 5.41) is 0.181. The van der Waals surface area contributed by atoms with E-state index in [2.05, 4.69) is 0 Å². The van der Waals surface area contributed by atoms with Gasteiger partial charge in [0.2, 0.25) is 0 Å². The summed E-state index contributed by atoms with van der Waals surface area (Å²) in [5.74, 6) is 0.319. The third-order valence-corrected chi connectivity index (χ3v) is 5.31. The van der Waals surface area contributed by atoms with E-state index in [4.69, 9.17) is 11.6 Å². The smallest absolute Gasteiger partial charge is 0.178 e. The monoisotopic (exact) mass is 320 g/mol. The summed E-state index contributed by atoms with van der Waals surface area (Å²) in [6.45, 7) is 1.89. The molecule has 0 radical (unpaired) electrons. The van der Waals surface area contributed by atoms with Crippen LogP contribution in [0.4, 0.5) is 0 Å². The Morgan fingerprint density at radius 3 is 2.29 bits per heavy atom. The van der Waals surface area contributed by atoms with E-state index < -0.39 is 16.0 Å². The van der Waals surface area contributed by atoms with Gasteiger partial charge in [0.15, 0.2) is 5.78 Å². The molecule has 2 rings (SSSR count). The Morgan fingerprint density at radius 1 is 1.10 bits per heavy atom. The second-order valence-electron chi connectivity index (χ2n) is 4.78. The summed E-state index contributed by atoms with van der Waals surface area (Å²) in [7, 11) is -1.24. The van der Waals surface area contributed by atoms with Crippen LogP contribution in [0.5, 0.6) is 0 Å². The number of ketones is 1. The number of carbonyl (C=O) groups is 1. The SMILES string of the molecule is CCC(C(=O)c1ccccc1)S(=O)Cc1ccc(Cl)cc1. The van der Waals surface area contributed by atoms with Gasteiger partial charge < -0.3 is 0 Å². The van der Waals surface area contributed by atoms with Crippen molar-refractivity contribution in [3.05, 3.63) is 70.7 Å². The van der Waals surface area contributed by atoms with E-state index in [1.54, 1.807) is 24.3 Å². The van der Waals surface area contributed by atoms with Crippen LogP contribution in [0.15, 0.2) is 54.6 Å². The molecule has 110 valence electrons. The normalized spacial score (nSPS) is 13.6. The van der Waals surface area contributed by atoms with Crippen LogP contribution in [0.1, 0.15) is 29.3 Å². The number of carbonyl (C=O) groups excluding carboxylic acids is 1. The third kappa shape index (κ3) is 4.26. The van der Waals surface area contributed by atoms with Crippen molar-refractivity contribution >= 4 is 28.2 Å². The van der Waals surface area contributed by atoms with Crippen molar-refractivity contribution in [3.8, 4) is 0 Å². The van der Waals surface area contributed by atoms with E-state index in [0.29, 0.717) is 22.8 Å². The summed E-state index contributed by atoms with van der Waals surface area (Å²) >= 11 is 5.84. The van der Waals surface area contributed by atoms with Gasteiger partial charge in [-0.15, -0.1) is 0 Å². The predicted octanol–water partition coefficient (Wildman–Crippen LogP) is 4.25. The molecule has 0 aliphatic carbocycles. The number of benzene rings is 2. The van der Waals surface area contributed by atoms with Gasteiger partial charge in [-0.05, 0) is 24.1 Å². The van der Waals surface area contributed by atoms with Gasteiger partial charge in [0, 0.05) is 27.1 Å². The fourth-order valence-electron chi connectivity index (χ4n) is 2.12. The zero-order valence-electron chi connectivity index (χ0n) is 11.8. The van der Waals surface area contributed by atoms with Crippen LogP contribution in [-0.4, -0.2) is 15.2 Å². The molecule has 0 N–H and O–H groups in total. The summed E-state index contributed by atoms with van der Waals surface area (Å²) in [4.78, 5) is 12.4. The molecular formula is C17H17ClO2S. The Labute approximate surface area is 132 Å². The second-order valence-corrected chi connectivity index (χ2v) is 6.83. The van der Waals surface area contributed by atoms with Crippen molar-refractivity contribution in [1.82, 2.24) is 0 Å². The maximum absolute atomic E-state index is 12.5. The number of rotatable bonds is 6. The highest BCUT2D eigenvalue weighted by atomic mass is 35.5. The maximum atomic E-state index is 12.5. The molecule has 0 heterocycles. The Morgan fingerprint density at radius 2 is 1.71 bits per heavy atom. The lowest BCUT2D eigenvalue weighted by atomic mass is 10.1. The minimum atomic E-state index is -1.24. The first-order valence-corrected chi connectivity index (χ1v) is 8.58. The average Bonchev–Trinajstić information content (AvgIpc) is 2.51. The topological polar surface area (TPSA) is 34.1 Å². The largest absolute Gasteiger partial charge is 0.293 e. The molecule has 0 bridgehead atoms. The molecule has 0 saturated carbocycles. The second kappa shape index (κ2) is 7.53. The van der Waals surface area contributed by atoms with E-state index >= 15 is 0 Å². The van der Waals surface area contributed by atoms with Crippen LogP contribution in [0.3, 0.4) is 0 Å². The van der Waals surface area contributed by atoms with Crippen LogP contribution in [-0.2, 0) is 16.6 Å². The minimum absolute atomic E-state index is 0.0506. The first kappa shape index (κ1) is 15.9. The van der Waals surface area contributed by atoms with Crippen LogP contribution in [0, 0.1) is 0 Å². The van der Waals surface area contributed by atoms with E-state index in [0.717, 1.165) is 5.56 Å². The lowest BCUT2D eigenvalue weighted by Crippen LogP contribution is -2.26. The number of Topliss-reactive ketones (excluding diaryl/α,β-unsaturated/α-hetero) is 1. The standard InChI is InChI=1S/C17H17ClO2S/c1-2-16(17(19)14-6-4-3-5-7-14)21(20)12-13-8-10-15(18)11-9-13/h3-11,16H,2,12H2,1H3. The number of halogens is 1. The molecule has 0 aromatic heterocycles. The van der Waals surface area contributed by atoms with Gasteiger partial charge in [-0.25, -0.2) is 0 Å². The van der Waals surface area contributed by atoms with Crippen LogP contribution in [0.25, 0.3) is 0 Å². The van der Waals surface area contributed by atoms with Gasteiger partial charge >= 0.3 is 0 Å². The Hall–Kier alpha value is -1.45. The van der Waals surface area contributed by atoms with Crippen LogP contribution < -0.4 is 0 Å². The highest BCUT2D eigenvalue weighted by molar-refractivity contribution is 7.85. The molecule has 0 aliphatic heterocycles. The van der Waals surface area contributed by atoms with Crippen LogP contribution in [0.2, 0.25) is 5.02 Å². The Balaban J connectivity index is 2.11. The third-order valence-electron chi connectivity index (χ3n) is 3.26. The molecule has 2 nitrogen and oxygen atoms in total. The van der Waals surface area contributed by atoms with Crippen molar-refractivity contribution in [3.63, 3.8) is 0 Å². The lowest BCUT2D eigenvalue weighted by molar-refractivity contribution is 0.0986. The van der Waals surface area contributed by atoms with Gasteiger partial charge in [0.1, 0.15) is 0 Å². The van der Waals surface area contributed by atoms with Gasteiger partial charge in [-0.1, -0.05) is 61.0 Å². The van der Waals surface area contributed by atoms with E-state index in [1.165, 1.54) is 0 Å². The molecule has 0 saturated heterocycles. The molecule has 0 amide bonds. The van der Waals surface area contributed by atoms with Gasteiger partial charge in [-0.3, -0.25) is 9.00 Å². The molecule has 2 unspecified atom stereocenters. The fraction of sp³-hybridized carbons (Fsp3) is 0.235. The number of hydrogen-bond donors (Lipinski definition) is 0. The molecule has 2 aromatic carbocycles. The van der Waals surface area contributed by atoms with Gasteiger partial charge in [0.05, 0.1) is 5.25 Å². The fourth-order valence-corrected chi connectivity index (χ4v) is 3.72. The predicted molar refractivity (Wildman–Crippen MR) is 88.1 cm³/mol. The highest BCUT2D eigenvalue weighted by Gasteiger charge is 2.24. The quantitative estimate of drug-likeness (QED) is 0.746. The van der Waals surface area contributed by atoms with E-state index in [9.17, 15) is 9.00 Å². The highest BCUT2D eigenvalue weighted by Crippen LogP contribution is 2.17. The molecule has 0 fully saturated rings. The van der Waals surface area contributed by atoms with Crippen molar-refractivity contribution in [1.29, 1.82) is 0 Å².